The van der Waals surface area contributed by atoms with Crippen LogP contribution in [-0.4, -0.2) is 34.9 Å². The van der Waals surface area contributed by atoms with E-state index in [2.05, 4.69) is 23.6 Å². The lowest BCUT2D eigenvalue weighted by Gasteiger charge is -2.29. The number of methoxy groups -OCH3 is 1. The fourth-order valence-corrected chi connectivity index (χ4v) is 3.19. The van der Waals surface area contributed by atoms with E-state index in [4.69, 9.17) is 0 Å². The van der Waals surface area contributed by atoms with Crippen LogP contribution in [0, 0.1) is 5.92 Å². The number of ether oxygens (including phenoxy) is 1. The minimum Gasteiger partial charge on any atom is -0.464 e. The van der Waals surface area contributed by atoms with Crippen molar-refractivity contribution in [1.82, 2.24) is 9.88 Å². The summed E-state index contributed by atoms with van der Waals surface area (Å²) in [5.74, 6) is -0.188. The van der Waals surface area contributed by atoms with Crippen molar-refractivity contribution in [3.05, 3.63) is 16.1 Å². The van der Waals surface area contributed by atoms with Gasteiger partial charge >= 0.3 is 5.97 Å². The van der Waals surface area contributed by atoms with Crippen molar-refractivity contribution in [2.24, 2.45) is 5.92 Å². The molecule has 0 aromatic carbocycles. The van der Waals surface area contributed by atoms with E-state index in [0.717, 1.165) is 30.7 Å². The molecule has 1 rings (SSSR count). The number of carbonyl (C=O) groups is 2. The summed E-state index contributed by atoms with van der Waals surface area (Å²) in [6.45, 7) is 8.68. The van der Waals surface area contributed by atoms with Crippen LogP contribution in [0.3, 0.4) is 0 Å². The van der Waals surface area contributed by atoms with Gasteiger partial charge in [-0.15, -0.1) is 11.3 Å². The summed E-state index contributed by atoms with van der Waals surface area (Å²) >= 11 is 1.39. The smallest absolute Gasteiger partial charge is 0.357 e. The molecule has 0 saturated carbocycles. The molecule has 130 valence electrons. The lowest BCUT2D eigenvalue weighted by molar-refractivity contribution is -0.138. The summed E-state index contributed by atoms with van der Waals surface area (Å²) in [6, 6.07) is 0.101. The Balaban J connectivity index is 2.83. The molecule has 1 aromatic heterocycles. The number of hydrogen-bond acceptors (Lipinski definition) is 5. The Morgan fingerprint density at radius 3 is 2.57 bits per heavy atom. The van der Waals surface area contributed by atoms with Crippen molar-refractivity contribution >= 4 is 23.2 Å². The minimum atomic E-state index is -0.440. The number of esters is 1. The molecule has 1 atom stereocenters. The molecule has 6 heteroatoms. The van der Waals surface area contributed by atoms with Crippen LogP contribution in [0.2, 0.25) is 0 Å². The van der Waals surface area contributed by atoms with E-state index >= 15 is 0 Å². The first-order chi connectivity index (χ1) is 10.9. The summed E-state index contributed by atoms with van der Waals surface area (Å²) in [6.07, 6.45) is 3.95. The highest BCUT2D eigenvalue weighted by Crippen LogP contribution is 2.21. The predicted octanol–water partition coefficient (Wildman–Crippen LogP) is 3.88. The van der Waals surface area contributed by atoms with Gasteiger partial charge in [-0.05, 0) is 26.7 Å². The van der Waals surface area contributed by atoms with E-state index in [1.807, 2.05) is 18.7 Å². The highest BCUT2D eigenvalue weighted by Gasteiger charge is 2.25. The standard InChI is InChI=1S/C17H28N2O3S/c1-6-8-9-13(7-2)16(20)19(12(3)4)10-15-18-14(11-23-15)17(21)22-5/h11-13H,6-10H2,1-5H3/t13-/m0/s1. The third-order valence-electron chi connectivity index (χ3n) is 3.91. The third-order valence-corrected chi connectivity index (χ3v) is 4.74. The second-order valence-electron chi connectivity index (χ2n) is 5.93. The highest BCUT2D eigenvalue weighted by atomic mass is 32.1. The number of carbonyl (C=O) groups excluding carboxylic acids is 2. The molecular weight excluding hydrogens is 312 g/mol. The van der Waals surface area contributed by atoms with Crippen molar-refractivity contribution in [3.8, 4) is 0 Å². The number of amides is 1. The largest absolute Gasteiger partial charge is 0.464 e. The van der Waals surface area contributed by atoms with Gasteiger partial charge in [-0.3, -0.25) is 4.79 Å². The van der Waals surface area contributed by atoms with Crippen LogP contribution >= 0.6 is 11.3 Å². The van der Waals surface area contributed by atoms with Crippen molar-refractivity contribution in [2.45, 2.75) is 66.0 Å². The lowest BCUT2D eigenvalue weighted by atomic mass is 9.97. The second kappa shape index (κ2) is 9.65. The Bertz CT molecular complexity index is 514. The molecular formula is C17H28N2O3S. The van der Waals surface area contributed by atoms with E-state index in [1.165, 1.54) is 18.4 Å². The van der Waals surface area contributed by atoms with Gasteiger partial charge in [0, 0.05) is 17.3 Å². The summed E-state index contributed by atoms with van der Waals surface area (Å²) in [4.78, 5) is 30.5. The van der Waals surface area contributed by atoms with Gasteiger partial charge in [0.05, 0.1) is 13.7 Å². The maximum atomic E-state index is 12.8. The molecule has 0 spiro atoms. The van der Waals surface area contributed by atoms with Gasteiger partial charge in [0.25, 0.3) is 0 Å². The van der Waals surface area contributed by atoms with Crippen LogP contribution in [0.5, 0.6) is 0 Å². The minimum absolute atomic E-state index is 0.0670. The topological polar surface area (TPSA) is 59.5 Å². The molecule has 0 N–H and O–H groups in total. The molecule has 0 bridgehead atoms. The zero-order chi connectivity index (χ0) is 17.4. The van der Waals surface area contributed by atoms with Crippen molar-refractivity contribution in [3.63, 3.8) is 0 Å². The van der Waals surface area contributed by atoms with Gasteiger partial charge < -0.3 is 9.64 Å². The molecule has 0 aliphatic heterocycles. The van der Waals surface area contributed by atoms with Gasteiger partial charge in [-0.25, -0.2) is 9.78 Å². The summed E-state index contributed by atoms with van der Waals surface area (Å²) in [5.41, 5.74) is 0.307. The van der Waals surface area contributed by atoms with Crippen LogP contribution < -0.4 is 0 Å². The summed E-state index contributed by atoms with van der Waals surface area (Å²) in [7, 11) is 1.34. The fourth-order valence-electron chi connectivity index (χ4n) is 2.43. The van der Waals surface area contributed by atoms with Gasteiger partial charge in [0.2, 0.25) is 5.91 Å². The average molecular weight is 340 g/mol. The molecule has 23 heavy (non-hydrogen) atoms. The molecule has 0 aliphatic rings. The normalized spacial score (nSPS) is 12.3. The zero-order valence-electron chi connectivity index (χ0n) is 14.8. The van der Waals surface area contributed by atoms with E-state index in [0.29, 0.717) is 12.2 Å². The van der Waals surface area contributed by atoms with Crippen molar-refractivity contribution in [1.29, 1.82) is 0 Å². The maximum Gasteiger partial charge on any atom is 0.357 e. The fraction of sp³-hybridized carbons (Fsp3) is 0.706. The Morgan fingerprint density at radius 1 is 1.35 bits per heavy atom. The Morgan fingerprint density at radius 2 is 2.04 bits per heavy atom. The number of aromatic nitrogens is 1. The first-order valence-electron chi connectivity index (χ1n) is 8.27. The van der Waals surface area contributed by atoms with Crippen LogP contribution in [0.4, 0.5) is 0 Å². The van der Waals surface area contributed by atoms with E-state index in [-0.39, 0.29) is 17.9 Å². The van der Waals surface area contributed by atoms with Gasteiger partial charge in [0.15, 0.2) is 5.69 Å². The second-order valence-corrected chi connectivity index (χ2v) is 6.87. The molecule has 0 fully saturated rings. The molecule has 0 radical (unpaired) electrons. The van der Waals surface area contributed by atoms with Gasteiger partial charge in [-0.1, -0.05) is 26.7 Å². The van der Waals surface area contributed by atoms with Crippen molar-refractivity contribution in [2.75, 3.05) is 7.11 Å². The summed E-state index contributed by atoms with van der Waals surface area (Å²) < 4.78 is 4.67. The lowest BCUT2D eigenvalue weighted by Crippen LogP contribution is -2.40. The molecule has 1 aromatic rings. The Labute approximate surface area is 143 Å². The van der Waals surface area contributed by atoms with E-state index in [1.54, 1.807) is 5.38 Å². The zero-order valence-corrected chi connectivity index (χ0v) is 15.6. The Hall–Kier alpha value is -1.43. The number of thiazole rings is 1. The first-order valence-corrected chi connectivity index (χ1v) is 9.15. The Kier molecular flexibility index (Phi) is 8.23. The monoisotopic (exact) mass is 340 g/mol. The van der Waals surface area contributed by atoms with Crippen LogP contribution in [-0.2, 0) is 16.1 Å². The van der Waals surface area contributed by atoms with Crippen LogP contribution in [0.1, 0.15) is 68.9 Å². The van der Waals surface area contributed by atoms with Gasteiger partial charge in [-0.2, -0.15) is 0 Å². The first kappa shape index (κ1) is 19.6. The predicted molar refractivity (Wildman–Crippen MR) is 92.4 cm³/mol. The molecule has 1 heterocycles. The van der Waals surface area contributed by atoms with E-state index in [9.17, 15) is 9.59 Å². The highest BCUT2D eigenvalue weighted by molar-refractivity contribution is 7.09. The SMILES string of the molecule is CCCC[C@H](CC)C(=O)N(Cc1nc(C(=O)OC)cs1)C(C)C. The van der Waals surface area contributed by atoms with Crippen LogP contribution in [0.15, 0.2) is 5.38 Å². The quantitative estimate of drug-likeness (QED) is 0.640. The molecule has 0 aliphatic carbocycles. The number of hydrogen-bond donors (Lipinski definition) is 0. The number of rotatable bonds is 9. The summed E-state index contributed by atoms with van der Waals surface area (Å²) in [5, 5.41) is 2.44. The molecule has 5 nitrogen and oxygen atoms in total. The number of nitrogens with zero attached hydrogens (tertiary/aromatic N) is 2. The molecule has 0 unspecified atom stereocenters. The third kappa shape index (κ3) is 5.61. The molecule has 0 saturated heterocycles. The number of unbranched alkanes of at least 4 members (excludes halogenated alkanes) is 1. The average Bonchev–Trinajstić information content (AvgIpc) is 3.00. The van der Waals surface area contributed by atoms with E-state index < -0.39 is 5.97 Å². The molecule has 1 amide bonds. The van der Waals surface area contributed by atoms with Crippen molar-refractivity contribution < 1.29 is 14.3 Å². The van der Waals surface area contributed by atoms with Crippen LogP contribution in [0.25, 0.3) is 0 Å². The van der Waals surface area contributed by atoms with Gasteiger partial charge in [0.1, 0.15) is 5.01 Å². The maximum absolute atomic E-state index is 12.8.